The molecule has 0 aliphatic rings. The Hall–Kier alpha value is -2.53. The summed E-state index contributed by atoms with van der Waals surface area (Å²) < 4.78 is 0. The van der Waals surface area contributed by atoms with Crippen molar-refractivity contribution in [1.29, 1.82) is 5.26 Å². The van der Waals surface area contributed by atoms with Gasteiger partial charge in [-0.25, -0.2) is 0 Å². The van der Waals surface area contributed by atoms with Gasteiger partial charge in [0.2, 0.25) is 0 Å². The molecule has 0 saturated heterocycles. The molecule has 0 aliphatic carbocycles. The molecule has 0 aliphatic heterocycles. The third-order valence-electron chi connectivity index (χ3n) is 3.88. The molecule has 0 fully saturated rings. The predicted octanol–water partition coefficient (Wildman–Crippen LogP) is 6.45. The summed E-state index contributed by atoms with van der Waals surface area (Å²) in [6.07, 6.45) is 8.21. The fourth-order valence-electron chi connectivity index (χ4n) is 2.25. The molecular weight excluding hydrogens is 316 g/mol. The first-order valence-electron chi connectivity index (χ1n) is 9.11. The average molecular weight is 353 g/mol. The molecule has 1 aromatic carbocycles. The molecule has 0 heterocycles. The third-order valence-corrected chi connectivity index (χ3v) is 3.88. The van der Waals surface area contributed by atoms with Crippen LogP contribution in [0.1, 0.15) is 51.3 Å². The average Bonchev–Trinajstić information content (AvgIpc) is 2.68. The molecular formula is C24H36N2. The molecule has 0 saturated carbocycles. The molecule has 0 atom stereocenters. The van der Waals surface area contributed by atoms with Crippen molar-refractivity contribution in [3.63, 3.8) is 0 Å². The van der Waals surface area contributed by atoms with Crippen molar-refractivity contribution < 1.29 is 0 Å². The number of nitrogens with zero attached hydrogens (tertiary/aromatic N) is 1. The Kier molecular flexibility index (Phi) is 15.8. The lowest BCUT2D eigenvalue weighted by Gasteiger charge is -2.04. The van der Waals surface area contributed by atoms with Crippen LogP contribution in [-0.2, 0) is 12.8 Å². The van der Waals surface area contributed by atoms with Crippen LogP contribution in [-0.4, -0.2) is 7.05 Å². The summed E-state index contributed by atoms with van der Waals surface area (Å²) in [6.45, 7) is 18.5. The first-order valence-corrected chi connectivity index (χ1v) is 9.11. The standard InChI is InChI=1S/C11H16N2.C11H16.C2H4/c1-5-6-7-9(2)10(3)11(8-12)13-4;1-4-10-6-9(3)7-11(5-2)8-10;1-2/h5-7,13H,1-4H3;6-8H,4-5H2,1-3H3;1-2H2/b6-5-,9-7+,11-10+;;. The molecule has 1 N–H and O–H groups in total. The highest BCUT2D eigenvalue weighted by Gasteiger charge is 1.99. The number of benzene rings is 1. The van der Waals surface area contributed by atoms with Gasteiger partial charge in [0.15, 0.2) is 0 Å². The summed E-state index contributed by atoms with van der Waals surface area (Å²) in [5.74, 6) is 0. The van der Waals surface area contributed by atoms with Gasteiger partial charge in [0.05, 0.1) is 0 Å². The molecule has 0 amide bonds. The summed E-state index contributed by atoms with van der Waals surface area (Å²) in [6, 6.07) is 8.94. The van der Waals surface area contributed by atoms with Crippen molar-refractivity contribution in [2.24, 2.45) is 0 Å². The molecule has 0 unspecified atom stereocenters. The van der Waals surface area contributed by atoms with E-state index in [4.69, 9.17) is 5.26 Å². The van der Waals surface area contributed by atoms with E-state index >= 15 is 0 Å². The second-order valence-corrected chi connectivity index (χ2v) is 5.77. The molecule has 142 valence electrons. The summed E-state index contributed by atoms with van der Waals surface area (Å²) in [5, 5.41) is 11.6. The smallest absolute Gasteiger partial charge is 0.117 e. The Morgan fingerprint density at radius 2 is 1.62 bits per heavy atom. The largest absolute Gasteiger partial charge is 0.379 e. The summed E-state index contributed by atoms with van der Waals surface area (Å²) in [4.78, 5) is 0. The highest BCUT2D eigenvalue weighted by Crippen LogP contribution is 2.11. The lowest BCUT2D eigenvalue weighted by molar-refractivity contribution is 1.01. The quantitative estimate of drug-likeness (QED) is 0.375. The normalized spacial score (nSPS) is 11.4. The van der Waals surface area contributed by atoms with Gasteiger partial charge in [0.25, 0.3) is 0 Å². The number of nitriles is 1. The minimum atomic E-state index is 0.623. The zero-order valence-corrected chi connectivity index (χ0v) is 17.7. The summed E-state index contributed by atoms with van der Waals surface area (Å²) in [7, 11) is 1.75. The molecule has 0 spiro atoms. The van der Waals surface area contributed by atoms with Crippen LogP contribution in [0.3, 0.4) is 0 Å². The molecule has 1 rings (SSSR count). The molecule has 0 radical (unpaired) electrons. The Balaban J connectivity index is 0. The van der Waals surface area contributed by atoms with E-state index in [0.717, 1.165) is 24.0 Å². The van der Waals surface area contributed by atoms with Gasteiger partial charge in [-0.15, -0.1) is 13.2 Å². The second kappa shape index (κ2) is 16.0. The minimum Gasteiger partial charge on any atom is -0.379 e. The van der Waals surface area contributed by atoms with Crippen molar-refractivity contribution in [3.05, 3.63) is 83.1 Å². The maximum atomic E-state index is 8.76. The number of hydrogen-bond donors (Lipinski definition) is 1. The number of hydrogen-bond acceptors (Lipinski definition) is 2. The van der Waals surface area contributed by atoms with E-state index in [0.29, 0.717) is 5.70 Å². The Morgan fingerprint density at radius 1 is 1.12 bits per heavy atom. The van der Waals surface area contributed by atoms with E-state index in [2.05, 4.69) is 63.5 Å². The van der Waals surface area contributed by atoms with E-state index in [9.17, 15) is 0 Å². The fraction of sp³-hybridized carbons (Fsp3) is 0.375. The summed E-state index contributed by atoms with van der Waals surface area (Å²) >= 11 is 0. The SMILES string of the molecule is C=C.CCc1cc(C)cc(CC)c1.C\C=C/C=C(C)/C(C)=C(\C#N)NC. The Bertz CT molecular complexity index is 633. The van der Waals surface area contributed by atoms with Crippen molar-refractivity contribution in [2.75, 3.05) is 7.05 Å². The van der Waals surface area contributed by atoms with Gasteiger partial charge in [0, 0.05) is 7.05 Å². The topological polar surface area (TPSA) is 35.8 Å². The van der Waals surface area contributed by atoms with Gasteiger partial charge in [-0.05, 0) is 62.8 Å². The monoisotopic (exact) mass is 352 g/mol. The zero-order chi connectivity index (χ0) is 20.5. The van der Waals surface area contributed by atoms with E-state index in [1.54, 1.807) is 7.05 Å². The zero-order valence-electron chi connectivity index (χ0n) is 17.7. The van der Waals surface area contributed by atoms with Gasteiger partial charge in [-0.1, -0.05) is 55.8 Å². The first-order chi connectivity index (χ1) is 12.4. The van der Waals surface area contributed by atoms with Crippen LogP contribution in [0, 0.1) is 18.3 Å². The van der Waals surface area contributed by atoms with Crippen molar-refractivity contribution >= 4 is 0 Å². The second-order valence-electron chi connectivity index (χ2n) is 5.77. The molecule has 1 aromatic rings. The molecule has 2 nitrogen and oxygen atoms in total. The van der Waals surface area contributed by atoms with Crippen molar-refractivity contribution in [3.8, 4) is 6.07 Å². The van der Waals surface area contributed by atoms with E-state index in [-0.39, 0.29) is 0 Å². The summed E-state index contributed by atoms with van der Waals surface area (Å²) in [5.41, 5.74) is 7.02. The van der Waals surface area contributed by atoms with Crippen LogP contribution in [0.15, 0.2) is 66.4 Å². The first kappa shape index (κ1) is 25.7. The Morgan fingerprint density at radius 3 is 1.96 bits per heavy atom. The highest BCUT2D eigenvalue weighted by atomic mass is 14.8. The van der Waals surface area contributed by atoms with Gasteiger partial charge >= 0.3 is 0 Å². The van der Waals surface area contributed by atoms with Crippen molar-refractivity contribution in [1.82, 2.24) is 5.32 Å². The van der Waals surface area contributed by atoms with E-state index in [1.807, 2.05) is 39.0 Å². The van der Waals surface area contributed by atoms with Crippen LogP contribution in [0.25, 0.3) is 0 Å². The molecule has 26 heavy (non-hydrogen) atoms. The van der Waals surface area contributed by atoms with Crippen LogP contribution >= 0.6 is 0 Å². The molecule has 2 heteroatoms. The van der Waals surface area contributed by atoms with Gasteiger partial charge in [-0.3, -0.25) is 0 Å². The number of rotatable bonds is 5. The maximum absolute atomic E-state index is 8.76. The van der Waals surface area contributed by atoms with Crippen LogP contribution in [0.4, 0.5) is 0 Å². The fourth-order valence-corrected chi connectivity index (χ4v) is 2.25. The number of allylic oxidation sites excluding steroid dienone is 6. The Labute approximate surface area is 161 Å². The highest BCUT2D eigenvalue weighted by molar-refractivity contribution is 5.39. The van der Waals surface area contributed by atoms with Gasteiger partial charge in [0.1, 0.15) is 11.8 Å². The van der Waals surface area contributed by atoms with Crippen LogP contribution in [0.2, 0.25) is 0 Å². The van der Waals surface area contributed by atoms with E-state index in [1.165, 1.54) is 16.7 Å². The predicted molar refractivity (Wildman–Crippen MR) is 117 cm³/mol. The number of aryl methyl sites for hydroxylation is 3. The lowest BCUT2D eigenvalue weighted by atomic mass is 10.0. The molecule has 0 bridgehead atoms. The maximum Gasteiger partial charge on any atom is 0.117 e. The van der Waals surface area contributed by atoms with Crippen LogP contribution < -0.4 is 5.32 Å². The third kappa shape index (κ3) is 10.4. The number of nitrogens with one attached hydrogen (secondary N) is 1. The van der Waals surface area contributed by atoms with Gasteiger partial charge in [-0.2, -0.15) is 5.26 Å². The molecule has 0 aromatic heterocycles. The lowest BCUT2D eigenvalue weighted by Crippen LogP contribution is -2.06. The minimum absolute atomic E-state index is 0.623. The van der Waals surface area contributed by atoms with Crippen LogP contribution in [0.5, 0.6) is 0 Å². The van der Waals surface area contributed by atoms with Gasteiger partial charge < -0.3 is 5.32 Å². The van der Waals surface area contributed by atoms with E-state index < -0.39 is 0 Å². The van der Waals surface area contributed by atoms with Crippen molar-refractivity contribution in [2.45, 2.75) is 54.4 Å².